The molecule has 0 radical (unpaired) electrons. The molecule has 0 atom stereocenters. The zero-order valence-electron chi connectivity index (χ0n) is 11.8. The van der Waals surface area contributed by atoms with E-state index in [9.17, 15) is 0 Å². The van der Waals surface area contributed by atoms with Crippen molar-refractivity contribution in [3.05, 3.63) is 35.9 Å². The number of nitrogens with two attached hydrogens (primary N) is 1. The smallest absolute Gasteiger partial charge is 0.239 e. The van der Waals surface area contributed by atoms with Gasteiger partial charge in [0.15, 0.2) is 11.5 Å². The van der Waals surface area contributed by atoms with Crippen molar-refractivity contribution >= 4 is 11.5 Å². The molecular weight excluding hydrogens is 270 g/mol. The monoisotopic (exact) mass is 287 g/mol. The molecule has 21 heavy (non-hydrogen) atoms. The Hall–Kier alpha value is -2.63. The number of nitrogens with one attached hydrogen (secondary N) is 1. The second kappa shape index (κ2) is 5.78. The van der Waals surface area contributed by atoms with Crippen LogP contribution >= 0.6 is 0 Å². The van der Waals surface area contributed by atoms with Gasteiger partial charge >= 0.3 is 0 Å². The highest BCUT2D eigenvalue weighted by Crippen LogP contribution is 2.32. The molecule has 2 aromatic rings. The van der Waals surface area contributed by atoms with Crippen LogP contribution in [0.2, 0.25) is 0 Å². The first-order valence-corrected chi connectivity index (χ1v) is 6.78. The number of hydrogen-bond donors (Lipinski definition) is 2. The third-order valence-corrected chi connectivity index (χ3v) is 3.08. The van der Waals surface area contributed by atoms with Crippen LogP contribution in [0.15, 0.2) is 30.3 Å². The van der Waals surface area contributed by atoms with E-state index in [0.29, 0.717) is 30.5 Å². The van der Waals surface area contributed by atoms with Gasteiger partial charge in [0.2, 0.25) is 12.7 Å². The Kier molecular flexibility index (Phi) is 3.68. The molecule has 1 aliphatic heterocycles. The lowest BCUT2D eigenvalue weighted by Gasteiger charge is -2.10. The van der Waals surface area contributed by atoms with Crippen LogP contribution in [0.1, 0.15) is 12.5 Å². The molecule has 0 aliphatic carbocycles. The molecule has 6 nitrogen and oxygen atoms in total. The maximum absolute atomic E-state index is 5.80. The van der Waals surface area contributed by atoms with Gasteiger partial charge in [0.25, 0.3) is 0 Å². The molecular formula is C15H17N3O3. The second-order valence-electron chi connectivity index (χ2n) is 4.57. The van der Waals surface area contributed by atoms with Gasteiger partial charge in [-0.15, -0.1) is 0 Å². The molecule has 0 bridgehead atoms. The number of nitrogen functional groups attached to an aromatic ring is 1. The summed E-state index contributed by atoms with van der Waals surface area (Å²) in [5, 5.41) is 3.24. The number of benzene rings is 1. The SMILES string of the molecule is CCOc1nc(NCc2ccc3c(c2)OCO3)ccc1N. The molecule has 0 fully saturated rings. The van der Waals surface area contributed by atoms with Crippen LogP contribution in [-0.2, 0) is 6.54 Å². The minimum Gasteiger partial charge on any atom is -0.476 e. The lowest BCUT2D eigenvalue weighted by molar-refractivity contribution is 0.174. The van der Waals surface area contributed by atoms with Gasteiger partial charge in [-0.2, -0.15) is 4.98 Å². The minimum atomic E-state index is 0.281. The van der Waals surface area contributed by atoms with Crippen LogP contribution < -0.4 is 25.3 Å². The predicted octanol–water partition coefficient (Wildman–Crippen LogP) is 2.40. The Bertz CT molecular complexity index is 646. The summed E-state index contributed by atoms with van der Waals surface area (Å²) in [5.74, 6) is 2.72. The fourth-order valence-corrected chi connectivity index (χ4v) is 2.05. The summed E-state index contributed by atoms with van der Waals surface area (Å²) in [6.07, 6.45) is 0. The zero-order chi connectivity index (χ0) is 14.7. The largest absolute Gasteiger partial charge is 0.476 e. The number of aromatic nitrogens is 1. The summed E-state index contributed by atoms with van der Waals surface area (Å²) < 4.78 is 16.0. The van der Waals surface area contributed by atoms with Gasteiger partial charge in [-0.3, -0.25) is 0 Å². The zero-order valence-corrected chi connectivity index (χ0v) is 11.8. The molecule has 110 valence electrons. The molecule has 6 heteroatoms. The molecule has 3 N–H and O–H groups in total. The van der Waals surface area contributed by atoms with Gasteiger partial charge in [0, 0.05) is 6.54 Å². The van der Waals surface area contributed by atoms with Gasteiger partial charge in [0.1, 0.15) is 5.82 Å². The minimum absolute atomic E-state index is 0.281. The summed E-state index contributed by atoms with van der Waals surface area (Å²) in [4.78, 5) is 4.34. The van der Waals surface area contributed by atoms with Gasteiger partial charge in [-0.1, -0.05) is 6.07 Å². The average Bonchev–Trinajstić information content (AvgIpc) is 2.96. The van der Waals surface area contributed by atoms with Crippen LogP contribution in [0, 0.1) is 0 Å². The van der Waals surface area contributed by atoms with Gasteiger partial charge < -0.3 is 25.3 Å². The fraction of sp³-hybridized carbons (Fsp3) is 0.267. The summed E-state index contributed by atoms with van der Waals surface area (Å²) >= 11 is 0. The lowest BCUT2D eigenvalue weighted by atomic mass is 10.2. The van der Waals surface area contributed by atoms with Crippen LogP contribution in [0.5, 0.6) is 17.4 Å². The Morgan fingerprint density at radius 3 is 2.95 bits per heavy atom. The van der Waals surface area contributed by atoms with Gasteiger partial charge in [-0.05, 0) is 36.8 Å². The molecule has 1 aromatic heterocycles. The molecule has 1 aromatic carbocycles. The van der Waals surface area contributed by atoms with E-state index in [4.69, 9.17) is 19.9 Å². The molecule has 0 spiro atoms. The highest BCUT2D eigenvalue weighted by atomic mass is 16.7. The van der Waals surface area contributed by atoms with E-state index in [1.54, 1.807) is 6.07 Å². The predicted molar refractivity (Wildman–Crippen MR) is 79.7 cm³/mol. The number of hydrogen-bond acceptors (Lipinski definition) is 6. The molecule has 0 unspecified atom stereocenters. The van der Waals surface area contributed by atoms with E-state index in [-0.39, 0.29) is 6.79 Å². The van der Waals surface area contributed by atoms with E-state index in [1.165, 1.54) is 0 Å². The van der Waals surface area contributed by atoms with Crippen molar-refractivity contribution in [1.29, 1.82) is 0 Å². The number of ether oxygens (including phenoxy) is 3. The number of rotatable bonds is 5. The molecule has 0 saturated heterocycles. The first-order valence-electron chi connectivity index (χ1n) is 6.78. The van der Waals surface area contributed by atoms with Crippen molar-refractivity contribution in [1.82, 2.24) is 4.98 Å². The third-order valence-electron chi connectivity index (χ3n) is 3.08. The third kappa shape index (κ3) is 2.94. The van der Waals surface area contributed by atoms with Crippen LogP contribution in [0.25, 0.3) is 0 Å². The first-order chi connectivity index (χ1) is 10.3. The molecule has 0 amide bonds. The second-order valence-corrected chi connectivity index (χ2v) is 4.57. The van der Waals surface area contributed by atoms with Crippen molar-refractivity contribution in [2.75, 3.05) is 24.5 Å². The lowest BCUT2D eigenvalue weighted by Crippen LogP contribution is -2.05. The summed E-state index contributed by atoms with van der Waals surface area (Å²) in [6.45, 7) is 3.33. The Balaban J connectivity index is 1.68. The average molecular weight is 287 g/mol. The van der Waals surface area contributed by atoms with E-state index in [1.807, 2.05) is 31.2 Å². The van der Waals surface area contributed by atoms with E-state index in [2.05, 4.69) is 10.3 Å². The quantitative estimate of drug-likeness (QED) is 0.879. The normalized spacial score (nSPS) is 12.2. The van der Waals surface area contributed by atoms with Crippen molar-refractivity contribution in [2.45, 2.75) is 13.5 Å². The summed E-state index contributed by atoms with van der Waals surface area (Å²) in [5.41, 5.74) is 7.41. The molecule has 0 saturated carbocycles. The van der Waals surface area contributed by atoms with Crippen molar-refractivity contribution in [2.24, 2.45) is 0 Å². The van der Waals surface area contributed by atoms with Gasteiger partial charge in [-0.25, -0.2) is 0 Å². The topological polar surface area (TPSA) is 78.6 Å². The van der Waals surface area contributed by atoms with E-state index < -0.39 is 0 Å². The standard InChI is InChI=1S/C15H17N3O3/c1-2-19-15-11(16)4-6-14(18-15)17-8-10-3-5-12-13(7-10)21-9-20-12/h3-7H,2,8-9,16H2,1H3,(H,17,18). The Morgan fingerprint density at radius 1 is 1.24 bits per heavy atom. The highest BCUT2D eigenvalue weighted by Gasteiger charge is 2.13. The number of fused-ring (bicyclic) bond motifs is 1. The van der Waals surface area contributed by atoms with Crippen molar-refractivity contribution in [3.8, 4) is 17.4 Å². The first kappa shape index (κ1) is 13.4. The number of pyridine rings is 1. The summed E-state index contributed by atoms with van der Waals surface area (Å²) in [7, 11) is 0. The fourth-order valence-electron chi connectivity index (χ4n) is 2.05. The number of nitrogens with zero attached hydrogens (tertiary/aromatic N) is 1. The maximum Gasteiger partial charge on any atom is 0.239 e. The Morgan fingerprint density at radius 2 is 2.10 bits per heavy atom. The summed E-state index contributed by atoms with van der Waals surface area (Å²) in [6, 6.07) is 9.45. The number of anilines is 2. The Labute approximate surface area is 122 Å². The molecule has 2 heterocycles. The van der Waals surface area contributed by atoms with Crippen molar-refractivity contribution in [3.63, 3.8) is 0 Å². The van der Waals surface area contributed by atoms with Crippen molar-refractivity contribution < 1.29 is 14.2 Å². The molecule has 3 rings (SSSR count). The van der Waals surface area contributed by atoms with Crippen LogP contribution in [-0.4, -0.2) is 18.4 Å². The van der Waals surface area contributed by atoms with E-state index in [0.717, 1.165) is 17.1 Å². The molecule has 1 aliphatic rings. The highest BCUT2D eigenvalue weighted by molar-refractivity contribution is 5.54. The maximum atomic E-state index is 5.80. The van der Waals surface area contributed by atoms with E-state index >= 15 is 0 Å². The van der Waals surface area contributed by atoms with Crippen LogP contribution in [0.3, 0.4) is 0 Å². The van der Waals surface area contributed by atoms with Gasteiger partial charge in [0.05, 0.1) is 12.3 Å². The van der Waals surface area contributed by atoms with Crippen LogP contribution in [0.4, 0.5) is 11.5 Å².